The van der Waals surface area contributed by atoms with E-state index in [0.717, 1.165) is 22.1 Å². The van der Waals surface area contributed by atoms with Crippen LogP contribution >= 0.6 is 11.3 Å². The van der Waals surface area contributed by atoms with Crippen LogP contribution in [0.25, 0.3) is 5.00 Å². The van der Waals surface area contributed by atoms with Gasteiger partial charge in [0, 0.05) is 16.2 Å². The Kier molecular flexibility index (Phi) is 3.16. The first-order chi connectivity index (χ1) is 9.90. The average Bonchev–Trinajstić information content (AvgIpc) is 2.86. The maximum absolute atomic E-state index is 11.1. The number of nitrogens with zero attached hydrogens (tertiary/aromatic N) is 4. The Morgan fingerprint density at radius 1 is 1.29 bits per heavy atom. The summed E-state index contributed by atoms with van der Waals surface area (Å²) in [6, 6.07) is -0.497. The van der Waals surface area contributed by atoms with E-state index in [9.17, 15) is 4.79 Å². The van der Waals surface area contributed by atoms with Gasteiger partial charge in [-0.1, -0.05) is 0 Å². The molecule has 110 valence electrons. The van der Waals surface area contributed by atoms with Gasteiger partial charge in [-0.05, 0) is 33.3 Å². The van der Waals surface area contributed by atoms with E-state index in [1.807, 2.05) is 18.4 Å². The number of carbonyl (C=O) groups is 1. The van der Waals surface area contributed by atoms with Gasteiger partial charge >= 0.3 is 5.97 Å². The van der Waals surface area contributed by atoms with Crippen LogP contribution in [0.4, 0.5) is 0 Å². The normalized spacial score (nSPS) is 17.0. The first-order valence-electron chi connectivity index (χ1n) is 6.69. The molecule has 21 heavy (non-hydrogen) atoms. The highest BCUT2D eigenvalue weighted by molar-refractivity contribution is 7.15. The third kappa shape index (κ3) is 2.08. The average molecular weight is 304 g/mol. The lowest BCUT2D eigenvalue weighted by molar-refractivity contribution is -0.137. The van der Waals surface area contributed by atoms with E-state index in [-0.39, 0.29) is 6.42 Å². The summed E-state index contributed by atoms with van der Waals surface area (Å²) < 4.78 is 1.95. The lowest BCUT2D eigenvalue weighted by Crippen LogP contribution is -2.09. The largest absolute Gasteiger partial charge is 0.481 e. The Morgan fingerprint density at radius 3 is 2.67 bits per heavy atom. The molecule has 0 spiro atoms. The standard InChI is InChI=1S/C14H16N4O2S/c1-6-8(3)21-14-12(6)7(2)15-10(5-11(19)20)13-17-16-9(4)18(13)14/h10H,5H2,1-4H3,(H,19,20)/t10-/m0/s1. The summed E-state index contributed by atoms with van der Waals surface area (Å²) >= 11 is 1.67. The minimum absolute atomic E-state index is 0.0809. The molecule has 6 nitrogen and oxygen atoms in total. The van der Waals surface area contributed by atoms with Crippen LogP contribution in [0.3, 0.4) is 0 Å². The van der Waals surface area contributed by atoms with Crippen molar-refractivity contribution < 1.29 is 9.90 Å². The van der Waals surface area contributed by atoms with Crippen LogP contribution in [0.15, 0.2) is 4.99 Å². The van der Waals surface area contributed by atoms with Crippen molar-refractivity contribution in [2.45, 2.75) is 40.2 Å². The van der Waals surface area contributed by atoms with Gasteiger partial charge < -0.3 is 5.11 Å². The number of hydrogen-bond acceptors (Lipinski definition) is 5. The molecule has 2 aromatic heterocycles. The summed E-state index contributed by atoms with van der Waals surface area (Å²) in [6.45, 7) is 7.96. The molecule has 1 aliphatic heterocycles. The van der Waals surface area contributed by atoms with Crippen LogP contribution in [0.5, 0.6) is 0 Å². The SMILES string of the molecule is CC1=N[C@@H](CC(=O)O)c2nnc(C)n2-c2sc(C)c(C)c21. The highest BCUT2D eigenvalue weighted by Crippen LogP contribution is 2.37. The van der Waals surface area contributed by atoms with Crippen molar-refractivity contribution in [3.63, 3.8) is 0 Å². The lowest BCUT2D eigenvalue weighted by Gasteiger charge is -2.09. The van der Waals surface area contributed by atoms with Crippen molar-refractivity contribution in [1.29, 1.82) is 0 Å². The number of carboxylic acids is 1. The molecular weight excluding hydrogens is 288 g/mol. The van der Waals surface area contributed by atoms with Crippen LogP contribution < -0.4 is 0 Å². The van der Waals surface area contributed by atoms with Crippen LogP contribution in [0, 0.1) is 20.8 Å². The topological polar surface area (TPSA) is 80.4 Å². The van der Waals surface area contributed by atoms with E-state index in [0.29, 0.717) is 5.82 Å². The molecule has 0 aromatic carbocycles. The summed E-state index contributed by atoms with van der Waals surface area (Å²) in [5, 5.41) is 18.4. The van der Waals surface area contributed by atoms with Crippen LogP contribution in [0.2, 0.25) is 0 Å². The first kappa shape index (κ1) is 13.9. The van der Waals surface area contributed by atoms with Gasteiger partial charge in [0.2, 0.25) is 0 Å². The highest BCUT2D eigenvalue weighted by atomic mass is 32.1. The van der Waals surface area contributed by atoms with E-state index in [2.05, 4.69) is 29.0 Å². The molecule has 1 atom stereocenters. The molecule has 0 bridgehead atoms. The van der Waals surface area contributed by atoms with Gasteiger partial charge in [0.15, 0.2) is 5.82 Å². The summed E-state index contributed by atoms with van der Waals surface area (Å²) in [6.07, 6.45) is -0.0809. The predicted octanol–water partition coefficient (Wildman–Crippen LogP) is 2.59. The van der Waals surface area contributed by atoms with Gasteiger partial charge in [0.25, 0.3) is 0 Å². The fraction of sp³-hybridized carbons (Fsp3) is 0.429. The smallest absolute Gasteiger partial charge is 0.306 e. The molecule has 0 radical (unpaired) electrons. The van der Waals surface area contributed by atoms with E-state index in [4.69, 9.17) is 5.11 Å². The second kappa shape index (κ2) is 4.77. The Bertz CT molecular complexity index is 772. The molecule has 0 fully saturated rings. The molecule has 0 aliphatic carbocycles. The van der Waals surface area contributed by atoms with Gasteiger partial charge in [-0.25, -0.2) is 0 Å². The Hall–Kier alpha value is -2.02. The van der Waals surface area contributed by atoms with Crippen LogP contribution in [-0.2, 0) is 4.79 Å². The Balaban J connectivity index is 2.30. The minimum atomic E-state index is -0.887. The molecule has 1 aliphatic rings. The van der Waals surface area contributed by atoms with Crippen LogP contribution in [0.1, 0.15) is 47.0 Å². The predicted molar refractivity (Wildman–Crippen MR) is 80.7 cm³/mol. The summed E-state index contributed by atoms with van der Waals surface area (Å²) in [5.74, 6) is 0.476. The molecule has 3 rings (SSSR count). The summed E-state index contributed by atoms with van der Waals surface area (Å²) in [4.78, 5) is 16.9. The molecule has 3 heterocycles. The number of thiophene rings is 1. The number of aryl methyl sites for hydroxylation is 2. The number of aromatic nitrogens is 3. The number of aliphatic imine (C=N–C) groups is 1. The molecule has 1 N–H and O–H groups in total. The first-order valence-corrected chi connectivity index (χ1v) is 7.50. The fourth-order valence-electron chi connectivity index (χ4n) is 2.70. The van der Waals surface area contributed by atoms with Crippen molar-refractivity contribution >= 4 is 23.0 Å². The number of rotatable bonds is 2. The van der Waals surface area contributed by atoms with Crippen molar-refractivity contribution in [2.75, 3.05) is 0 Å². The van der Waals surface area contributed by atoms with E-state index in [1.165, 1.54) is 10.4 Å². The van der Waals surface area contributed by atoms with Crippen molar-refractivity contribution in [2.24, 2.45) is 4.99 Å². The van der Waals surface area contributed by atoms with Crippen molar-refractivity contribution in [3.8, 4) is 5.00 Å². The molecule has 0 unspecified atom stereocenters. The molecule has 0 saturated carbocycles. The zero-order valence-corrected chi connectivity index (χ0v) is 13.2. The zero-order chi connectivity index (χ0) is 15.3. The quantitative estimate of drug-likeness (QED) is 0.924. The van der Waals surface area contributed by atoms with Gasteiger partial charge in [-0.2, -0.15) is 0 Å². The maximum Gasteiger partial charge on any atom is 0.306 e. The van der Waals surface area contributed by atoms with Gasteiger partial charge in [-0.3, -0.25) is 14.4 Å². The van der Waals surface area contributed by atoms with Crippen molar-refractivity contribution in [1.82, 2.24) is 14.8 Å². The monoisotopic (exact) mass is 304 g/mol. The Labute approximate surface area is 126 Å². The molecule has 0 amide bonds. The number of carboxylic acid groups (broad SMARTS) is 1. The van der Waals surface area contributed by atoms with E-state index in [1.54, 1.807) is 11.3 Å². The second-order valence-electron chi connectivity index (χ2n) is 5.23. The van der Waals surface area contributed by atoms with E-state index >= 15 is 0 Å². The maximum atomic E-state index is 11.1. The number of hydrogen-bond donors (Lipinski definition) is 1. The molecule has 7 heteroatoms. The van der Waals surface area contributed by atoms with Crippen LogP contribution in [-0.4, -0.2) is 31.6 Å². The van der Waals surface area contributed by atoms with Gasteiger partial charge in [0.05, 0.1) is 6.42 Å². The van der Waals surface area contributed by atoms with E-state index < -0.39 is 12.0 Å². The third-order valence-electron chi connectivity index (χ3n) is 3.80. The molecule has 0 saturated heterocycles. The van der Waals surface area contributed by atoms with Crippen molar-refractivity contribution in [3.05, 3.63) is 27.7 Å². The number of aliphatic carboxylic acids is 1. The highest BCUT2D eigenvalue weighted by Gasteiger charge is 2.30. The third-order valence-corrected chi connectivity index (χ3v) is 4.99. The fourth-order valence-corrected chi connectivity index (χ4v) is 3.96. The molecule has 2 aromatic rings. The second-order valence-corrected chi connectivity index (χ2v) is 6.44. The summed E-state index contributed by atoms with van der Waals surface area (Å²) in [5.41, 5.74) is 3.13. The zero-order valence-electron chi connectivity index (χ0n) is 12.3. The van der Waals surface area contributed by atoms with Gasteiger partial charge in [-0.15, -0.1) is 21.5 Å². The minimum Gasteiger partial charge on any atom is -0.481 e. The van der Waals surface area contributed by atoms with Gasteiger partial charge in [0.1, 0.15) is 16.9 Å². The summed E-state index contributed by atoms with van der Waals surface area (Å²) in [7, 11) is 0. The Morgan fingerprint density at radius 2 is 2.00 bits per heavy atom. The molecular formula is C14H16N4O2S. The number of fused-ring (bicyclic) bond motifs is 3. The lowest BCUT2D eigenvalue weighted by atomic mass is 10.1.